The summed E-state index contributed by atoms with van der Waals surface area (Å²) in [5.41, 5.74) is 1.73. The standard InChI is InChI=1S/C21H26ClN5O2/c1-2-3-19(25-21(29)24-17-6-4-16(22)5-7-17)20(28)27-14-12-26(13-15-27)18-8-10-23-11-9-18/h4-11,19H,2-3,12-15H2,1H3,(H2,24,25,29). The van der Waals surface area contributed by atoms with Crippen LogP contribution in [0.5, 0.6) is 0 Å². The Kier molecular flexibility index (Phi) is 7.30. The van der Waals surface area contributed by atoms with Crippen molar-refractivity contribution >= 4 is 34.9 Å². The highest BCUT2D eigenvalue weighted by Gasteiger charge is 2.28. The SMILES string of the molecule is CCCC(NC(=O)Nc1ccc(Cl)cc1)C(=O)N1CCN(c2ccncc2)CC1. The van der Waals surface area contributed by atoms with Crippen LogP contribution in [0.15, 0.2) is 48.8 Å². The molecule has 1 fully saturated rings. The van der Waals surface area contributed by atoms with E-state index in [0.29, 0.717) is 30.2 Å². The third-order valence-electron chi connectivity index (χ3n) is 4.90. The van der Waals surface area contributed by atoms with E-state index in [0.717, 1.165) is 25.2 Å². The molecule has 0 aliphatic carbocycles. The number of rotatable bonds is 6. The Balaban J connectivity index is 1.55. The predicted octanol–water partition coefficient (Wildman–Crippen LogP) is 3.37. The van der Waals surface area contributed by atoms with E-state index in [4.69, 9.17) is 11.6 Å². The van der Waals surface area contributed by atoms with E-state index in [-0.39, 0.29) is 5.91 Å². The second-order valence-electron chi connectivity index (χ2n) is 6.96. The largest absolute Gasteiger partial charge is 0.368 e. The molecule has 1 aliphatic rings. The minimum atomic E-state index is -0.542. The van der Waals surface area contributed by atoms with Crippen molar-refractivity contribution in [3.05, 3.63) is 53.8 Å². The summed E-state index contributed by atoms with van der Waals surface area (Å²) in [5, 5.41) is 6.17. The van der Waals surface area contributed by atoms with Gasteiger partial charge in [0.05, 0.1) is 0 Å². The Bertz CT molecular complexity index is 808. The predicted molar refractivity (Wildman–Crippen MR) is 115 cm³/mol. The number of halogens is 1. The minimum Gasteiger partial charge on any atom is -0.368 e. The lowest BCUT2D eigenvalue weighted by atomic mass is 10.1. The lowest BCUT2D eigenvalue weighted by Gasteiger charge is -2.37. The van der Waals surface area contributed by atoms with E-state index in [1.54, 1.807) is 36.7 Å². The number of benzene rings is 1. The zero-order chi connectivity index (χ0) is 20.6. The molecule has 0 bridgehead atoms. The molecule has 3 amide bonds. The molecule has 0 saturated carbocycles. The number of carbonyl (C=O) groups is 2. The maximum absolute atomic E-state index is 13.0. The van der Waals surface area contributed by atoms with Gasteiger partial charge in [-0.05, 0) is 42.8 Å². The van der Waals surface area contributed by atoms with Crippen LogP contribution in [0, 0.1) is 0 Å². The molecule has 1 aromatic heterocycles. The first-order chi connectivity index (χ1) is 14.1. The van der Waals surface area contributed by atoms with Gasteiger partial charge in [-0.3, -0.25) is 9.78 Å². The van der Waals surface area contributed by atoms with Gasteiger partial charge in [-0.25, -0.2) is 4.79 Å². The second kappa shape index (κ2) is 10.1. The normalized spacial score (nSPS) is 15.0. The van der Waals surface area contributed by atoms with E-state index in [1.807, 2.05) is 24.0 Å². The Morgan fingerprint density at radius 2 is 1.72 bits per heavy atom. The molecule has 3 rings (SSSR count). The molecule has 2 aromatic rings. The van der Waals surface area contributed by atoms with Gasteiger partial charge in [-0.1, -0.05) is 24.9 Å². The molecular formula is C21H26ClN5O2. The van der Waals surface area contributed by atoms with Crippen molar-refractivity contribution < 1.29 is 9.59 Å². The van der Waals surface area contributed by atoms with Gasteiger partial charge in [-0.15, -0.1) is 0 Å². The average Bonchev–Trinajstić information content (AvgIpc) is 2.75. The number of piperazine rings is 1. The molecule has 0 spiro atoms. The van der Waals surface area contributed by atoms with E-state index in [1.165, 1.54) is 0 Å². The van der Waals surface area contributed by atoms with Crippen molar-refractivity contribution in [2.24, 2.45) is 0 Å². The summed E-state index contributed by atoms with van der Waals surface area (Å²) >= 11 is 5.87. The summed E-state index contributed by atoms with van der Waals surface area (Å²) in [6, 6.07) is 9.85. The number of hydrogen-bond donors (Lipinski definition) is 2. The lowest BCUT2D eigenvalue weighted by Crippen LogP contribution is -2.55. The zero-order valence-corrected chi connectivity index (χ0v) is 17.2. The smallest absolute Gasteiger partial charge is 0.319 e. The number of aromatic nitrogens is 1. The van der Waals surface area contributed by atoms with Gasteiger partial charge >= 0.3 is 6.03 Å². The van der Waals surface area contributed by atoms with Gasteiger partial charge in [0.25, 0.3) is 0 Å². The molecule has 7 nitrogen and oxygen atoms in total. The number of nitrogens with one attached hydrogen (secondary N) is 2. The summed E-state index contributed by atoms with van der Waals surface area (Å²) in [7, 11) is 0. The molecule has 0 radical (unpaired) electrons. The van der Waals surface area contributed by atoms with Crippen molar-refractivity contribution in [1.29, 1.82) is 0 Å². The third-order valence-corrected chi connectivity index (χ3v) is 5.15. The van der Waals surface area contributed by atoms with Crippen LogP contribution < -0.4 is 15.5 Å². The second-order valence-corrected chi connectivity index (χ2v) is 7.40. The van der Waals surface area contributed by atoms with Crippen LogP contribution in [0.1, 0.15) is 19.8 Å². The van der Waals surface area contributed by atoms with Gasteiger partial charge in [0.1, 0.15) is 6.04 Å². The quantitative estimate of drug-likeness (QED) is 0.758. The highest BCUT2D eigenvalue weighted by Crippen LogP contribution is 2.16. The molecule has 1 aliphatic heterocycles. The van der Waals surface area contributed by atoms with Gasteiger partial charge in [0.2, 0.25) is 5.91 Å². The molecule has 2 heterocycles. The average molecular weight is 416 g/mol. The number of anilines is 2. The van der Waals surface area contributed by atoms with Crippen molar-refractivity contribution in [3.63, 3.8) is 0 Å². The van der Waals surface area contributed by atoms with Crippen molar-refractivity contribution in [2.45, 2.75) is 25.8 Å². The molecule has 1 saturated heterocycles. The minimum absolute atomic E-state index is 0.0347. The zero-order valence-electron chi connectivity index (χ0n) is 16.5. The Hall–Kier alpha value is -2.80. The number of amides is 3. The summed E-state index contributed by atoms with van der Waals surface area (Å²) in [5.74, 6) is -0.0347. The molecule has 1 atom stereocenters. The number of pyridine rings is 1. The van der Waals surface area contributed by atoms with Crippen molar-refractivity contribution in [2.75, 3.05) is 36.4 Å². The Labute approximate surface area is 176 Å². The van der Waals surface area contributed by atoms with Crippen LogP contribution in [-0.2, 0) is 4.79 Å². The number of hydrogen-bond acceptors (Lipinski definition) is 4. The third kappa shape index (κ3) is 5.84. The first-order valence-corrected chi connectivity index (χ1v) is 10.2. The van der Waals surface area contributed by atoms with Crippen molar-refractivity contribution in [1.82, 2.24) is 15.2 Å². The molecule has 1 unspecified atom stereocenters. The first-order valence-electron chi connectivity index (χ1n) is 9.83. The first kappa shape index (κ1) is 20.9. The molecule has 1 aromatic carbocycles. The highest BCUT2D eigenvalue weighted by molar-refractivity contribution is 6.30. The van der Waals surface area contributed by atoms with Crippen LogP contribution in [-0.4, -0.2) is 54.0 Å². The van der Waals surface area contributed by atoms with E-state index < -0.39 is 12.1 Å². The molecule has 8 heteroatoms. The van der Waals surface area contributed by atoms with Gasteiger partial charge in [0.15, 0.2) is 0 Å². The number of nitrogens with zero attached hydrogens (tertiary/aromatic N) is 3. The van der Waals surface area contributed by atoms with Gasteiger partial charge in [-0.2, -0.15) is 0 Å². The number of carbonyl (C=O) groups excluding carboxylic acids is 2. The van der Waals surface area contributed by atoms with Crippen LogP contribution in [0.25, 0.3) is 0 Å². The van der Waals surface area contributed by atoms with Crippen LogP contribution in [0.2, 0.25) is 5.02 Å². The van der Waals surface area contributed by atoms with E-state index in [9.17, 15) is 9.59 Å². The monoisotopic (exact) mass is 415 g/mol. The number of urea groups is 1. The maximum atomic E-state index is 13.0. The highest BCUT2D eigenvalue weighted by atomic mass is 35.5. The topological polar surface area (TPSA) is 77.6 Å². The molecule has 2 N–H and O–H groups in total. The van der Waals surface area contributed by atoms with E-state index >= 15 is 0 Å². The summed E-state index contributed by atoms with van der Waals surface area (Å²) < 4.78 is 0. The summed E-state index contributed by atoms with van der Waals surface area (Å²) in [4.78, 5) is 33.5. The summed E-state index contributed by atoms with van der Waals surface area (Å²) in [6.07, 6.45) is 4.94. The molecular weight excluding hydrogens is 390 g/mol. The van der Waals surface area contributed by atoms with E-state index in [2.05, 4.69) is 20.5 Å². The van der Waals surface area contributed by atoms with Gasteiger partial charge < -0.3 is 20.4 Å². The van der Waals surface area contributed by atoms with Crippen molar-refractivity contribution in [3.8, 4) is 0 Å². The fourth-order valence-electron chi connectivity index (χ4n) is 3.36. The molecule has 154 valence electrons. The molecule has 29 heavy (non-hydrogen) atoms. The van der Waals surface area contributed by atoms with Crippen LogP contribution >= 0.6 is 11.6 Å². The fourth-order valence-corrected chi connectivity index (χ4v) is 3.49. The lowest BCUT2D eigenvalue weighted by molar-refractivity contribution is -0.133. The Morgan fingerprint density at radius 3 is 2.34 bits per heavy atom. The Morgan fingerprint density at radius 1 is 1.07 bits per heavy atom. The maximum Gasteiger partial charge on any atom is 0.319 e. The van der Waals surface area contributed by atoms with Crippen LogP contribution in [0.4, 0.5) is 16.2 Å². The van der Waals surface area contributed by atoms with Gasteiger partial charge in [0, 0.05) is 55.0 Å². The fraction of sp³-hybridized carbons (Fsp3) is 0.381. The summed E-state index contributed by atoms with van der Waals surface area (Å²) in [6.45, 7) is 4.77. The van der Waals surface area contributed by atoms with Crippen LogP contribution in [0.3, 0.4) is 0 Å².